The van der Waals surface area contributed by atoms with E-state index in [0.717, 1.165) is 5.56 Å². The van der Waals surface area contributed by atoms with Gasteiger partial charge in [-0.25, -0.2) is 14.3 Å². The Kier molecular flexibility index (Phi) is 4.78. The summed E-state index contributed by atoms with van der Waals surface area (Å²) in [5, 5.41) is 4.34. The lowest BCUT2D eigenvalue weighted by atomic mass is 10.1. The van der Waals surface area contributed by atoms with Crippen molar-refractivity contribution < 1.29 is 13.9 Å². The van der Waals surface area contributed by atoms with Gasteiger partial charge in [0.25, 0.3) is 0 Å². The molecular weight excluding hydrogens is 348 g/mol. The second-order valence-corrected chi connectivity index (χ2v) is 6.46. The number of amides is 1. The summed E-state index contributed by atoms with van der Waals surface area (Å²) in [5.41, 5.74) is 0.681. The summed E-state index contributed by atoms with van der Waals surface area (Å²) in [5.74, 6) is 0.933. The van der Waals surface area contributed by atoms with Gasteiger partial charge in [0, 0.05) is 13.1 Å². The number of aromatic nitrogens is 3. The molecule has 0 spiro atoms. The summed E-state index contributed by atoms with van der Waals surface area (Å²) in [6.07, 6.45) is 2.49. The van der Waals surface area contributed by atoms with Crippen LogP contribution in [0.25, 0.3) is 11.6 Å². The van der Waals surface area contributed by atoms with E-state index in [4.69, 9.17) is 9.15 Å². The van der Waals surface area contributed by atoms with E-state index < -0.39 is 0 Å². The van der Waals surface area contributed by atoms with Crippen molar-refractivity contribution in [2.75, 3.05) is 13.1 Å². The first-order valence-electron chi connectivity index (χ1n) is 8.89. The lowest BCUT2D eigenvalue weighted by Gasteiger charge is -2.30. The van der Waals surface area contributed by atoms with Crippen molar-refractivity contribution in [3.05, 3.63) is 64.8 Å². The molecule has 1 aromatic carbocycles. The fourth-order valence-electron chi connectivity index (χ4n) is 3.21. The number of H-pyrrole nitrogens is 1. The summed E-state index contributed by atoms with van der Waals surface area (Å²) in [6, 6.07) is 13.0. The van der Waals surface area contributed by atoms with Gasteiger partial charge in [0.2, 0.25) is 0 Å². The third-order valence-corrected chi connectivity index (χ3v) is 4.67. The molecule has 0 radical (unpaired) electrons. The summed E-state index contributed by atoms with van der Waals surface area (Å²) >= 11 is 0. The van der Waals surface area contributed by atoms with Crippen LogP contribution in [0, 0.1) is 0 Å². The second-order valence-electron chi connectivity index (χ2n) is 6.46. The minimum atomic E-state index is -0.331. The molecule has 2 aromatic heterocycles. The van der Waals surface area contributed by atoms with Gasteiger partial charge < -0.3 is 14.1 Å². The molecule has 4 rings (SSSR count). The van der Waals surface area contributed by atoms with Crippen LogP contribution < -0.4 is 5.69 Å². The van der Waals surface area contributed by atoms with E-state index in [1.165, 1.54) is 10.9 Å². The maximum absolute atomic E-state index is 12.2. The highest BCUT2D eigenvalue weighted by atomic mass is 16.6. The van der Waals surface area contributed by atoms with Crippen LogP contribution in [-0.4, -0.2) is 38.8 Å². The van der Waals surface area contributed by atoms with Crippen molar-refractivity contribution in [1.82, 2.24) is 19.7 Å². The number of carbonyl (C=O) groups excluding carboxylic acids is 1. The molecule has 1 aliphatic rings. The largest absolute Gasteiger partial charge is 0.461 e. The van der Waals surface area contributed by atoms with E-state index >= 15 is 0 Å². The second kappa shape index (κ2) is 7.53. The first-order chi connectivity index (χ1) is 13.2. The van der Waals surface area contributed by atoms with Crippen LogP contribution in [0.15, 0.2) is 57.9 Å². The Morgan fingerprint density at radius 3 is 2.67 bits per heavy atom. The molecule has 0 unspecified atom stereocenters. The zero-order chi connectivity index (χ0) is 18.6. The number of furan rings is 1. The van der Waals surface area contributed by atoms with Gasteiger partial charge in [0.05, 0.1) is 12.3 Å². The van der Waals surface area contributed by atoms with Crippen molar-refractivity contribution in [2.45, 2.75) is 25.5 Å². The number of aromatic amines is 1. The van der Waals surface area contributed by atoms with Crippen LogP contribution in [-0.2, 0) is 11.3 Å². The topological polar surface area (TPSA) is 93.4 Å². The minimum absolute atomic E-state index is 0.0596. The fraction of sp³-hybridized carbons (Fsp3) is 0.316. The maximum atomic E-state index is 12.2. The van der Waals surface area contributed by atoms with E-state index in [9.17, 15) is 9.59 Å². The zero-order valence-electron chi connectivity index (χ0n) is 14.7. The van der Waals surface area contributed by atoms with Crippen LogP contribution in [0.5, 0.6) is 0 Å². The normalized spacial score (nSPS) is 15.0. The van der Waals surface area contributed by atoms with Gasteiger partial charge in [0.1, 0.15) is 6.61 Å². The molecule has 1 fully saturated rings. The maximum Gasteiger partial charge on any atom is 0.410 e. The highest BCUT2D eigenvalue weighted by Crippen LogP contribution is 2.22. The van der Waals surface area contributed by atoms with Crippen molar-refractivity contribution >= 4 is 6.09 Å². The molecule has 1 aliphatic heterocycles. The zero-order valence-corrected chi connectivity index (χ0v) is 14.7. The van der Waals surface area contributed by atoms with Gasteiger partial charge in [-0.2, -0.15) is 0 Å². The molecule has 0 atom stereocenters. The molecule has 0 bridgehead atoms. The highest BCUT2D eigenvalue weighted by Gasteiger charge is 2.27. The van der Waals surface area contributed by atoms with Crippen LogP contribution in [0.3, 0.4) is 0 Å². The van der Waals surface area contributed by atoms with Crippen molar-refractivity contribution in [3.8, 4) is 11.6 Å². The highest BCUT2D eigenvalue weighted by molar-refractivity contribution is 5.67. The van der Waals surface area contributed by atoms with E-state index in [2.05, 4.69) is 10.1 Å². The lowest BCUT2D eigenvalue weighted by Crippen LogP contribution is -2.41. The average Bonchev–Trinajstić information content (AvgIpc) is 3.37. The van der Waals surface area contributed by atoms with E-state index in [1.54, 1.807) is 17.0 Å². The fourth-order valence-corrected chi connectivity index (χ4v) is 3.21. The Hall–Kier alpha value is -3.29. The first kappa shape index (κ1) is 17.1. The number of piperidine rings is 1. The van der Waals surface area contributed by atoms with Gasteiger partial charge in [-0.1, -0.05) is 30.3 Å². The number of hydrogen-bond acceptors (Lipinski definition) is 5. The number of ether oxygens (including phenoxy) is 1. The molecule has 0 aliphatic carbocycles. The van der Waals surface area contributed by atoms with Crippen molar-refractivity contribution in [2.24, 2.45) is 0 Å². The lowest BCUT2D eigenvalue weighted by molar-refractivity contribution is 0.0818. The van der Waals surface area contributed by atoms with Crippen LogP contribution in [0.2, 0.25) is 0 Å². The van der Waals surface area contributed by atoms with Gasteiger partial charge in [-0.15, -0.1) is 5.10 Å². The molecular formula is C19H20N4O4. The average molecular weight is 368 g/mol. The Morgan fingerprint density at radius 1 is 1.19 bits per heavy atom. The molecule has 3 aromatic rings. The molecule has 0 saturated carbocycles. The molecule has 1 amide bonds. The summed E-state index contributed by atoms with van der Waals surface area (Å²) in [7, 11) is 0. The summed E-state index contributed by atoms with van der Waals surface area (Å²) in [6.45, 7) is 1.30. The number of rotatable bonds is 4. The standard InChI is InChI=1S/C19H20N4O4/c24-18-20-17(16-7-4-12-26-16)21-23(18)15-8-10-22(11-9-15)19(25)27-13-14-5-2-1-3-6-14/h1-7,12,15H,8-11,13H2,(H,20,21,24). The number of likely N-dealkylation sites (tertiary alicyclic amines) is 1. The molecule has 8 nitrogen and oxygen atoms in total. The first-order valence-corrected chi connectivity index (χ1v) is 8.89. The quantitative estimate of drug-likeness (QED) is 0.764. The van der Waals surface area contributed by atoms with E-state index in [1.807, 2.05) is 30.3 Å². The van der Waals surface area contributed by atoms with E-state index in [-0.39, 0.29) is 24.4 Å². The molecule has 140 valence electrons. The third-order valence-electron chi connectivity index (χ3n) is 4.67. The predicted octanol–water partition coefficient (Wildman–Crippen LogP) is 2.81. The van der Waals surface area contributed by atoms with Crippen molar-refractivity contribution in [3.63, 3.8) is 0 Å². The number of nitrogens with zero attached hydrogens (tertiary/aromatic N) is 3. The van der Waals surface area contributed by atoms with Gasteiger partial charge in [0.15, 0.2) is 11.6 Å². The van der Waals surface area contributed by atoms with Gasteiger partial charge >= 0.3 is 11.8 Å². The third kappa shape index (κ3) is 3.79. The van der Waals surface area contributed by atoms with Crippen molar-refractivity contribution in [1.29, 1.82) is 0 Å². The summed E-state index contributed by atoms with van der Waals surface area (Å²) < 4.78 is 12.1. The Balaban J connectivity index is 1.34. The SMILES string of the molecule is O=C(OCc1ccccc1)N1CCC(n2nc(-c3ccco3)[nH]c2=O)CC1. The van der Waals surface area contributed by atoms with Crippen LogP contribution in [0.4, 0.5) is 4.79 Å². The minimum Gasteiger partial charge on any atom is -0.461 e. The molecule has 1 saturated heterocycles. The molecule has 8 heteroatoms. The van der Waals surface area contributed by atoms with Gasteiger partial charge in [-0.3, -0.25) is 4.98 Å². The van der Waals surface area contributed by atoms with Crippen LogP contribution in [0.1, 0.15) is 24.4 Å². The molecule has 27 heavy (non-hydrogen) atoms. The van der Waals surface area contributed by atoms with Gasteiger partial charge in [-0.05, 0) is 30.5 Å². The number of carbonyl (C=O) groups is 1. The number of hydrogen-bond donors (Lipinski definition) is 1. The van der Waals surface area contributed by atoms with Crippen LogP contribution >= 0.6 is 0 Å². The Labute approximate surface area is 155 Å². The Morgan fingerprint density at radius 2 is 1.96 bits per heavy atom. The number of benzene rings is 1. The summed E-state index contributed by atoms with van der Waals surface area (Å²) in [4.78, 5) is 28.8. The predicted molar refractivity (Wildman–Crippen MR) is 97.0 cm³/mol. The van der Waals surface area contributed by atoms with E-state index in [0.29, 0.717) is 37.5 Å². The smallest absolute Gasteiger partial charge is 0.410 e. The molecule has 1 N–H and O–H groups in total. The number of nitrogens with one attached hydrogen (secondary N) is 1. The monoisotopic (exact) mass is 368 g/mol. The molecule has 3 heterocycles. The Bertz CT molecular complexity index is 938.